The third-order valence-corrected chi connectivity index (χ3v) is 4.45. The van der Waals surface area contributed by atoms with Gasteiger partial charge >= 0.3 is 0 Å². The van der Waals surface area contributed by atoms with E-state index in [0.717, 1.165) is 17.2 Å². The average Bonchev–Trinajstić information content (AvgIpc) is 3.10. The number of alkyl halides is 1. The fraction of sp³-hybridized carbons (Fsp3) is 0.571. The van der Waals surface area contributed by atoms with Crippen molar-refractivity contribution in [2.24, 2.45) is 5.92 Å². The lowest BCUT2D eigenvalue weighted by Crippen LogP contribution is -2.02. The van der Waals surface area contributed by atoms with Crippen LogP contribution in [0.2, 0.25) is 0 Å². The molecule has 0 bridgehead atoms. The fourth-order valence-electron chi connectivity index (χ4n) is 2.00. The van der Waals surface area contributed by atoms with Crippen molar-refractivity contribution < 1.29 is 0 Å². The molecule has 1 fully saturated rings. The maximum Gasteiger partial charge on any atom is 0.0177 e. The zero-order valence-electron chi connectivity index (χ0n) is 9.38. The van der Waals surface area contributed by atoms with Gasteiger partial charge in [0.05, 0.1) is 0 Å². The van der Waals surface area contributed by atoms with E-state index in [-0.39, 0.29) is 0 Å². The van der Waals surface area contributed by atoms with E-state index in [1.54, 1.807) is 0 Å². The van der Waals surface area contributed by atoms with E-state index in [2.05, 4.69) is 47.1 Å². The molecule has 0 aromatic heterocycles. The number of rotatable bonds is 5. The summed E-state index contributed by atoms with van der Waals surface area (Å²) in [4.78, 5) is 0.753. The van der Waals surface area contributed by atoms with Crippen LogP contribution in [0.4, 0.5) is 0 Å². The Morgan fingerprint density at radius 1 is 1.33 bits per heavy atom. The Kier molecular flexibility index (Phi) is 3.85. The molecule has 0 heterocycles. The minimum atomic E-state index is 0.753. The van der Waals surface area contributed by atoms with Gasteiger partial charge in [-0.1, -0.05) is 47.1 Å². The molecular formula is C14H19Br. The molecule has 0 radical (unpaired) electrons. The van der Waals surface area contributed by atoms with Crippen LogP contribution in [0.15, 0.2) is 24.3 Å². The Morgan fingerprint density at radius 2 is 2.07 bits per heavy atom. The molecule has 1 unspecified atom stereocenters. The van der Waals surface area contributed by atoms with Crippen molar-refractivity contribution in [2.75, 3.05) is 0 Å². The highest BCUT2D eigenvalue weighted by atomic mass is 79.9. The van der Waals surface area contributed by atoms with Crippen LogP contribution in [-0.4, -0.2) is 4.83 Å². The first-order chi connectivity index (χ1) is 7.29. The Labute approximate surface area is 101 Å². The summed E-state index contributed by atoms with van der Waals surface area (Å²) in [5, 5.41) is 0. The van der Waals surface area contributed by atoms with E-state index >= 15 is 0 Å². The molecule has 2 rings (SSSR count). The third-order valence-electron chi connectivity index (χ3n) is 3.24. The van der Waals surface area contributed by atoms with Crippen molar-refractivity contribution in [3.8, 4) is 0 Å². The van der Waals surface area contributed by atoms with Gasteiger partial charge in [0.2, 0.25) is 0 Å². The smallest absolute Gasteiger partial charge is 0.0177 e. The van der Waals surface area contributed by atoms with E-state index in [4.69, 9.17) is 0 Å². The third kappa shape index (κ3) is 3.34. The fourth-order valence-corrected chi connectivity index (χ4v) is 2.76. The molecular weight excluding hydrogens is 248 g/mol. The van der Waals surface area contributed by atoms with Gasteiger partial charge in [-0.05, 0) is 49.1 Å². The summed E-state index contributed by atoms with van der Waals surface area (Å²) < 4.78 is 0. The minimum absolute atomic E-state index is 0.753. The van der Waals surface area contributed by atoms with Gasteiger partial charge in [0.1, 0.15) is 0 Å². The van der Waals surface area contributed by atoms with Crippen molar-refractivity contribution >= 4 is 15.9 Å². The molecule has 1 aliphatic carbocycles. The topological polar surface area (TPSA) is 0 Å². The standard InChI is InChI=1S/C14H19Br/c1-2-11-4-3-5-12(10-11)6-9-14(15)13-7-8-13/h3-5,10,13-14H,2,6-9H2,1H3. The normalized spacial score (nSPS) is 17.7. The monoisotopic (exact) mass is 266 g/mol. The molecule has 0 saturated heterocycles. The van der Waals surface area contributed by atoms with E-state index < -0.39 is 0 Å². The number of aryl methyl sites for hydroxylation is 2. The van der Waals surface area contributed by atoms with Crippen LogP contribution in [0, 0.1) is 5.92 Å². The largest absolute Gasteiger partial charge is 0.0888 e. The molecule has 1 aromatic rings. The van der Waals surface area contributed by atoms with E-state index in [1.807, 2.05) is 0 Å². The summed E-state index contributed by atoms with van der Waals surface area (Å²) in [6.07, 6.45) is 6.53. The molecule has 1 saturated carbocycles. The van der Waals surface area contributed by atoms with Gasteiger partial charge in [-0.15, -0.1) is 0 Å². The summed E-state index contributed by atoms with van der Waals surface area (Å²) in [5.74, 6) is 0.972. The van der Waals surface area contributed by atoms with Crippen molar-refractivity contribution in [3.63, 3.8) is 0 Å². The predicted molar refractivity (Wildman–Crippen MR) is 69.6 cm³/mol. The zero-order chi connectivity index (χ0) is 10.7. The molecule has 0 nitrogen and oxygen atoms in total. The van der Waals surface area contributed by atoms with Crippen LogP contribution in [0.3, 0.4) is 0 Å². The van der Waals surface area contributed by atoms with Gasteiger partial charge in [-0.25, -0.2) is 0 Å². The number of hydrogen-bond acceptors (Lipinski definition) is 0. The number of halogens is 1. The Balaban J connectivity index is 1.86. The summed E-state index contributed by atoms with van der Waals surface area (Å²) >= 11 is 3.80. The molecule has 0 spiro atoms. The molecule has 0 aliphatic heterocycles. The van der Waals surface area contributed by atoms with Crippen LogP contribution in [0.5, 0.6) is 0 Å². The summed E-state index contributed by atoms with van der Waals surface area (Å²) in [5.41, 5.74) is 2.96. The highest BCUT2D eigenvalue weighted by Gasteiger charge is 2.28. The lowest BCUT2D eigenvalue weighted by atomic mass is 10.0. The summed E-state index contributed by atoms with van der Waals surface area (Å²) in [6, 6.07) is 9.02. The lowest BCUT2D eigenvalue weighted by molar-refractivity contribution is 0.696. The zero-order valence-corrected chi connectivity index (χ0v) is 11.0. The first-order valence-electron chi connectivity index (χ1n) is 6.01. The van der Waals surface area contributed by atoms with E-state index in [9.17, 15) is 0 Å². The molecule has 82 valence electrons. The minimum Gasteiger partial charge on any atom is -0.0888 e. The second kappa shape index (κ2) is 5.16. The Hall–Kier alpha value is -0.300. The van der Waals surface area contributed by atoms with Crippen LogP contribution in [0.25, 0.3) is 0 Å². The second-order valence-corrected chi connectivity index (χ2v) is 5.74. The van der Waals surface area contributed by atoms with Crippen LogP contribution in [0.1, 0.15) is 37.3 Å². The van der Waals surface area contributed by atoms with Gasteiger partial charge in [-0.2, -0.15) is 0 Å². The Morgan fingerprint density at radius 3 is 2.73 bits per heavy atom. The highest BCUT2D eigenvalue weighted by molar-refractivity contribution is 9.09. The SMILES string of the molecule is CCc1cccc(CCC(Br)C2CC2)c1. The summed E-state index contributed by atoms with van der Waals surface area (Å²) in [7, 11) is 0. The maximum absolute atomic E-state index is 3.80. The summed E-state index contributed by atoms with van der Waals surface area (Å²) in [6.45, 7) is 2.22. The first-order valence-corrected chi connectivity index (χ1v) is 6.93. The van der Waals surface area contributed by atoms with Crippen molar-refractivity contribution in [2.45, 2.75) is 43.9 Å². The van der Waals surface area contributed by atoms with Crippen LogP contribution in [-0.2, 0) is 12.8 Å². The average molecular weight is 267 g/mol. The number of hydrogen-bond donors (Lipinski definition) is 0. The molecule has 1 heteroatoms. The highest BCUT2D eigenvalue weighted by Crippen LogP contribution is 2.38. The maximum atomic E-state index is 3.80. The molecule has 0 amide bonds. The molecule has 15 heavy (non-hydrogen) atoms. The predicted octanol–water partition coefficient (Wildman–Crippen LogP) is 4.36. The molecule has 0 N–H and O–H groups in total. The van der Waals surface area contributed by atoms with Crippen molar-refractivity contribution in [1.82, 2.24) is 0 Å². The van der Waals surface area contributed by atoms with Gasteiger partial charge < -0.3 is 0 Å². The van der Waals surface area contributed by atoms with Crippen molar-refractivity contribution in [3.05, 3.63) is 35.4 Å². The number of benzene rings is 1. The molecule has 1 aliphatic rings. The molecule has 1 atom stereocenters. The van der Waals surface area contributed by atoms with Gasteiger partial charge in [0.25, 0.3) is 0 Å². The van der Waals surface area contributed by atoms with Crippen molar-refractivity contribution in [1.29, 1.82) is 0 Å². The van der Waals surface area contributed by atoms with E-state index in [1.165, 1.54) is 36.8 Å². The molecule has 1 aromatic carbocycles. The van der Waals surface area contributed by atoms with Gasteiger partial charge in [-0.3, -0.25) is 0 Å². The Bertz CT molecular complexity index is 315. The first kappa shape index (κ1) is 11.2. The second-order valence-electron chi connectivity index (χ2n) is 4.57. The van der Waals surface area contributed by atoms with Gasteiger partial charge in [0, 0.05) is 4.83 Å². The lowest BCUT2D eigenvalue weighted by Gasteiger charge is -2.08. The van der Waals surface area contributed by atoms with E-state index in [0.29, 0.717) is 0 Å². The quantitative estimate of drug-likeness (QED) is 0.695. The van der Waals surface area contributed by atoms with Crippen LogP contribution < -0.4 is 0 Å². The van der Waals surface area contributed by atoms with Crippen LogP contribution >= 0.6 is 15.9 Å². The van der Waals surface area contributed by atoms with Gasteiger partial charge in [0.15, 0.2) is 0 Å².